The number of morpholine rings is 1. The third-order valence-corrected chi connectivity index (χ3v) is 3.44. The van der Waals surface area contributed by atoms with Gasteiger partial charge in [0.15, 0.2) is 0 Å². The first-order valence-electron chi connectivity index (χ1n) is 7.59. The van der Waals surface area contributed by atoms with E-state index in [2.05, 4.69) is 56.1 Å². The van der Waals surface area contributed by atoms with Gasteiger partial charge in [-0.15, -0.1) is 0 Å². The smallest absolute Gasteiger partial charge is 0.0678 e. The van der Waals surface area contributed by atoms with E-state index < -0.39 is 0 Å². The molecule has 1 aromatic rings. The highest BCUT2D eigenvalue weighted by Crippen LogP contribution is 2.13. The number of hydrogen-bond acceptors (Lipinski definition) is 4. The Labute approximate surface area is 122 Å². The normalized spacial score (nSPS) is 24.2. The molecule has 0 aromatic carbocycles. The molecular weight excluding hydrogens is 250 g/mol. The molecule has 1 aromatic heterocycles. The summed E-state index contributed by atoms with van der Waals surface area (Å²) in [6.07, 6.45) is 0.620. The molecule has 0 radical (unpaired) electrons. The fourth-order valence-electron chi connectivity index (χ4n) is 2.67. The number of hydrogen-bond donors (Lipinski definition) is 1. The van der Waals surface area contributed by atoms with Crippen LogP contribution in [0.3, 0.4) is 0 Å². The summed E-state index contributed by atoms with van der Waals surface area (Å²) >= 11 is 0. The Kier molecular flexibility index (Phi) is 5.52. The van der Waals surface area contributed by atoms with Crippen molar-refractivity contribution in [1.82, 2.24) is 15.2 Å². The Morgan fingerprint density at radius 3 is 2.55 bits per heavy atom. The minimum Gasteiger partial charge on any atom is -0.373 e. The number of aromatic nitrogens is 1. The predicted molar refractivity (Wildman–Crippen MR) is 81.5 cm³/mol. The number of ether oxygens (including phenoxy) is 1. The molecule has 4 nitrogen and oxygen atoms in total. The molecule has 0 spiro atoms. The zero-order valence-electron chi connectivity index (χ0n) is 13.1. The van der Waals surface area contributed by atoms with Crippen LogP contribution in [-0.4, -0.2) is 41.2 Å². The van der Waals surface area contributed by atoms with Gasteiger partial charge in [0.05, 0.1) is 23.6 Å². The Bertz CT molecular complexity index is 412. The second kappa shape index (κ2) is 7.16. The molecule has 112 valence electrons. The van der Waals surface area contributed by atoms with E-state index in [1.54, 1.807) is 0 Å². The summed E-state index contributed by atoms with van der Waals surface area (Å²) in [5, 5.41) is 3.41. The van der Waals surface area contributed by atoms with E-state index in [1.807, 2.05) is 0 Å². The minimum atomic E-state index is 0.310. The first-order valence-corrected chi connectivity index (χ1v) is 7.59. The highest BCUT2D eigenvalue weighted by molar-refractivity contribution is 5.11. The summed E-state index contributed by atoms with van der Waals surface area (Å²) in [5.41, 5.74) is 2.26. The van der Waals surface area contributed by atoms with Gasteiger partial charge in [-0.25, -0.2) is 0 Å². The molecule has 2 rings (SSSR count). The molecule has 0 unspecified atom stereocenters. The molecule has 1 fully saturated rings. The molecule has 1 aliphatic heterocycles. The molecule has 2 heterocycles. The van der Waals surface area contributed by atoms with Crippen LogP contribution < -0.4 is 5.32 Å². The van der Waals surface area contributed by atoms with Crippen molar-refractivity contribution in [2.75, 3.05) is 13.1 Å². The lowest BCUT2D eigenvalue weighted by molar-refractivity contribution is -0.0707. The second-order valence-electron chi connectivity index (χ2n) is 6.11. The van der Waals surface area contributed by atoms with Crippen LogP contribution in [-0.2, 0) is 17.8 Å². The van der Waals surface area contributed by atoms with Crippen molar-refractivity contribution in [3.8, 4) is 0 Å². The highest BCUT2D eigenvalue weighted by Gasteiger charge is 2.22. The maximum atomic E-state index is 5.77. The molecule has 4 heteroatoms. The van der Waals surface area contributed by atoms with Gasteiger partial charge in [-0.05, 0) is 26.0 Å². The molecule has 20 heavy (non-hydrogen) atoms. The Morgan fingerprint density at radius 2 is 1.90 bits per heavy atom. The third kappa shape index (κ3) is 4.85. The SMILES string of the molecule is CC(C)NCc1cccc(CN2C[C@@H](C)O[C@@H](C)C2)n1. The Morgan fingerprint density at radius 1 is 1.25 bits per heavy atom. The van der Waals surface area contributed by atoms with Crippen molar-refractivity contribution in [1.29, 1.82) is 0 Å². The molecule has 1 aliphatic rings. The van der Waals surface area contributed by atoms with Gasteiger partial charge in [0.1, 0.15) is 0 Å². The molecule has 2 atom stereocenters. The van der Waals surface area contributed by atoms with Gasteiger partial charge in [-0.3, -0.25) is 9.88 Å². The predicted octanol–water partition coefficient (Wildman–Crippen LogP) is 2.19. The molecule has 1 saturated heterocycles. The lowest BCUT2D eigenvalue weighted by Gasteiger charge is -2.35. The number of pyridine rings is 1. The average molecular weight is 277 g/mol. The molecule has 0 aliphatic carbocycles. The van der Waals surface area contributed by atoms with E-state index in [0.29, 0.717) is 18.2 Å². The van der Waals surface area contributed by atoms with Crippen LogP contribution in [0.5, 0.6) is 0 Å². The first-order chi connectivity index (χ1) is 9.52. The number of rotatable bonds is 5. The number of nitrogens with one attached hydrogen (secondary N) is 1. The standard InChI is InChI=1S/C16H27N3O/c1-12(2)17-8-15-6-5-7-16(18-15)11-19-9-13(3)20-14(4)10-19/h5-7,12-14,17H,8-11H2,1-4H3/t13-,14+. The fraction of sp³-hybridized carbons (Fsp3) is 0.688. The van der Waals surface area contributed by atoms with E-state index in [9.17, 15) is 0 Å². The van der Waals surface area contributed by atoms with E-state index in [0.717, 1.165) is 37.6 Å². The van der Waals surface area contributed by atoms with E-state index in [4.69, 9.17) is 9.72 Å². The van der Waals surface area contributed by atoms with E-state index >= 15 is 0 Å². The van der Waals surface area contributed by atoms with Gasteiger partial charge in [0.25, 0.3) is 0 Å². The summed E-state index contributed by atoms with van der Waals surface area (Å²) in [6, 6.07) is 6.79. The Balaban J connectivity index is 1.93. The lowest BCUT2D eigenvalue weighted by Crippen LogP contribution is -2.44. The van der Waals surface area contributed by atoms with Crippen LogP contribution in [0.4, 0.5) is 0 Å². The van der Waals surface area contributed by atoms with Crippen LogP contribution in [0, 0.1) is 0 Å². The highest BCUT2D eigenvalue weighted by atomic mass is 16.5. The van der Waals surface area contributed by atoms with Crippen LogP contribution >= 0.6 is 0 Å². The van der Waals surface area contributed by atoms with Gasteiger partial charge in [-0.2, -0.15) is 0 Å². The van der Waals surface area contributed by atoms with Gasteiger partial charge in [0.2, 0.25) is 0 Å². The summed E-state index contributed by atoms with van der Waals surface area (Å²) in [6.45, 7) is 12.3. The van der Waals surface area contributed by atoms with Crippen LogP contribution in [0.2, 0.25) is 0 Å². The molecular formula is C16H27N3O. The lowest BCUT2D eigenvalue weighted by atomic mass is 10.2. The summed E-state index contributed by atoms with van der Waals surface area (Å²) in [5.74, 6) is 0. The average Bonchev–Trinajstić information content (AvgIpc) is 2.35. The monoisotopic (exact) mass is 277 g/mol. The van der Waals surface area contributed by atoms with Crippen molar-refractivity contribution < 1.29 is 4.74 Å². The Hall–Kier alpha value is -0.970. The van der Waals surface area contributed by atoms with Crippen molar-refractivity contribution in [3.05, 3.63) is 29.6 Å². The molecule has 0 amide bonds. The van der Waals surface area contributed by atoms with Crippen LogP contribution in [0.15, 0.2) is 18.2 Å². The third-order valence-electron chi connectivity index (χ3n) is 3.44. The van der Waals surface area contributed by atoms with Gasteiger partial charge in [-0.1, -0.05) is 19.9 Å². The zero-order valence-corrected chi connectivity index (χ0v) is 13.1. The van der Waals surface area contributed by atoms with Gasteiger partial charge < -0.3 is 10.1 Å². The van der Waals surface area contributed by atoms with Crippen molar-refractivity contribution in [3.63, 3.8) is 0 Å². The van der Waals surface area contributed by atoms with E-state index in [-0.39, 0.29) is 0 Å². The maximum Gasteiger partial charge on any atom is 0.0678 e. The van der Waals surface area contributed by atoms with Crippen LogP contribution in [0.25, 0.3) is 0 Å². The number of nitrogens with zero attached hydrogens (tertiary/aromatic N) is 2. The topological polar surface area (TPSA) is 37.4 Å². The van der Waals surface area contributed by atoms with Crippen LogP contribution in [0.1, 0.15) is 39.1 Å². The zero-order chi connectivity index (χ0) is 14.5. The van der Waals surface area contributed by atoms with Gasteiger partial charge >= 0.3 is 0 Å². The van der Waals surface area contributed by atoms with Crippen molar-refractivity contribution in [2.45, 2.75) is 59.0 Å². The molecule has 1 N–H and O–H groups in total. The summed E-state index contributed by atoms with van der Waals surface area (Å²) in [4.78, 5) is 7.18. The quantitative estimate of drug-likeness (QED) is 0.895. The minimum absolute atomic E-state index is 0.310. The first kappa shape index (κ1) is 15.4. The van der Waals surface area contributed by atoms with E-state index in [1.165, 1.54) is 0 Å². The fourth-order valence-corrected chi connectivity index (χ4v) is 2.67. The second-order valence-corrected chi connectivity index (χ2v) is 6.11. The largest absolute Gasteiger partial charge is 0.373 e. The molecule has 0 saturated carbocycles. The maximum absolute atomic E-state index is 5.77. The van der Waals surface area contributed by atoms with Gasteiger partial charge in [0, 0.05) is 32.2 Å². The summed E-state index contributed by atoms with van der Waals surface area (Å²) < 4.78 is 5.77. The van der Waals surface area contributed by atoms with Crippen molar-refractivity contribution >= 4 is 0 Å². The summed E-state index contributed by atoms with van der Waals surface area (Å²) in [7, 11) is 0. The van der Waals surface area contributed by atoms with Crippen molar-refractivity contribution in [2.24, 2.45) is 0 Å². The molecule has 0 bridgehead atoms.